The van der Waals surface area contributed by atoms with Gasteiger partial charge in [0, 0.05) is 19.4 Å². The third-order valence-electron chi connectivity index (χ3n) is 8.69. The van der Waals surface area contributed by atoms with Crippen molar-refractivity contribution in [2.75, 3.05) is 6.54 Å². The van der Waals surface area contributed by atoms with Gasteiger partial charge in [-0.15, -0.1) is 0 Å². The number of phenolic OH excluding ortho intramolecular Hbond substituents is 1. The lowest BCUT2D eigenvalue weighted by Gasteiger charge is -2.35. The van der Waals surface area contributed by atoms with Crippen molar-refractivity contribution in [3.63, 3.8) is 0 Å². The van der Waals surface area contributed by atoms with Gasteiger partial charge in [0.15, 0.2) is 0 Å². The molecule has 3 aromatic rings. The molecule has 3 aromatic carbocycles. The second-order valence-corrected chi connectivity index (χ2v) is 15.9. The molecule has 0 fully saturated rings. The number of hydrogen-bond acceptors (Lipinski definition) is 7. The molecule has 0 saturated carbocycles. The number of hydrogen-bond donors (Lipinski definition) is 3. The van der Waals surface area contributed by atoms with Gasteiger partial charge in [0.05, 0.1) is 0 Å². The van der Waals surface area contributed by atoms with Crippen molar-refractivity contribution in [1.82, 2.24) is 15.5 Å². The Bertz CT molecular complexity index is 1650. The molecule has 294 valence electrons. The van der Waals surface area contributed by atoms with Gasteiger partial charge in [0.25, 0.3) is 0 Å². The van der Waals surface area contributed by atoms with E-state index in [9.17, 15) is 19.5 Å². The molecule has 0 aliphatic carbocycles. The second-order valence-electron chi connectivity index (χ2n) is 15.9. The van der Waals surface area contributed by atoms with Crippen LogP contribution in [0, 0.1) is 6.92 Å². The van der Waals surface area contributed by atoms with E-state index in [1.807, 2.05) is 60.7 Å². The minimum Gasteiger partial charge on any atom is -0.508 e. The minimum absolute atomic E-state index is 0.0379. The summed E-state index contributed by atoms with van der Waals surface area (Å²) in [7, 11) is 0. The fraction of sp³-hybridized carbons (Fsp3) is 0.500. The van der Waals surface area contributed by atoms with Crippen molar-refractivity contribution in [3.8, 4) is 5.75 Å². The molecule has 0 spiro atoms. The molecule has 3 unspecified atom stereocenters. The zero-order valence-corrected chi connectivity index (χ0v) is 33.4. The number of unbranched alkanes of at least 4 members (excludes halogenated alkanes) is 5. The monoisotopic (exact) mass is 743 g/mol. The Balaban J connectivity index is 2.14. The molecule has 10 nitrogen and oxygen atoms in total. The predicted octanol–water partition coefficient (Wildman–Crippen LogP) is 8.14. The number of phenols is 1. The summed E-state index contributed by atoms with van der Waals surface area (Å²) in [6.45, 7) is 14.6. The Kier molecular flexibility index (Phi) is 16.6. The normalized spacial score (nSPS) is 13.3. The molecule has 3 rings (SSSR count). The van der Waals surface area contributed by atoms with Crippen LogP contribution >= 0.6 is 0 Å². The van der Waals surface area contributed by atoms with Crippen LogP contribution in [-0.2, 0) is 36.7 Å². The van der Waals surface area contributed by atoms with Crippen LogP contribution < -0.4 is 10.6 Å². The molecule has 54 heavy (non-hydrogen) atoms. The van der Waals surface area contributed by atoms with Crippen LogP contribution in [0.4, 0.5) is 4.79 Å². The van der Waals surface area contributed by atoms with Crippen LogP contribution in [-0.4, -0.2) is 63.7 Å². The highest BCUT2D eigenvalue weighted by molar-refractivity contribution is 5.94. The number of alkyl carbamates (subject to hydrolysis) is 1. The minimum atomic E-state index is -1.23. The van der Waals surface area contributed by atoms with Crippen LogP contribution in [0.5, 0.6) is 5.75 Å². The quantitative estimate of drug-likeness (QED) is 0.0885. The molecule has 10 heteroatoms. The van der Waals surface area contributed by atoms with Crippen molar-refractivity contribution >= 4 is 23.9 Å². The zero-order valence-electron chi connectivity index (χ0n) is 33.4. The van der Waals surface area contributed by atoms with Crippen molar-refractivity contribution in [3.05, 3.63) is 101 Å². The Morgan fingerprint density at radius 2 is 1.24 bits per heavy atom. The molecular formula is C44H61N3O7. The van der Waals surface area contributed by atoms with Crippen molar-refractivity contribution < 1.29 is 33.8 Å². The van der Waals surface area contributed by atoms with E-state index in [1.54, 1.807) is 60.6 Å². The largest absolute Gasteiger partial charge is 0.508 e. The molecule has 0 aromatic heterocycles. The van der Waals surface area contributed by atoms with Crippen molar-refractivity contribution in [2.45, 2.75) is 136 Å². The number of amides is 3. The maximum atomic E-state index is 15.0. The van der Waals surface area contributed by atoms with E-state index in [2.05, 4.69) is 17.6 Å². The van der Waals surface area contributed by atoms with Gasteiger partial charge in [-0.2, -0.15) is 0 Å². The van der Waals surface area contributed by atoms with E-state index in [0.717, 1.165) is 43.2 Å². The standard InChI is InChI=1S/C44H61N3O7/c1-9-10-11-12-13-20-27-47(40(50)35(29-32-21-16-14-17-22-32)46-42(52)54-44(6,7)8)38(34-25-26-37(48)31(2)28-34)39(49)45-36(41(51)53-43(3,4)5)30-33-23-18-15-19-24-33/h14-19,21-26,28,35-36,38,48H,9-13,20,27,29-30H2,1-8H3,(H,45,49)(H,46,52). The van der Waals surface area contributed by atoms with Crippen LogP contribution in [0.1, 0.15) is 115 Å². The summed E-state index contributed by atoms with van der Waals surface area (Å²) in [6, 6.07) is 20.0. The zero-order chi connectivity index (χ0) is 39.9. The smallest absolute Gasteiger partial charge is 0.408 e. The number of rotatable bonds is 18. The van der Waals surface area contributed by atoms with Crippen LogP contribution in [0.15, 0.2) is 78.9 Å². The molecule has 3 atom stereocenters. The number of esters is 1. The molecule has 0 aliphatic heterocycles. The first-order chi connectivity index (χ1) is 25.5. The van der Waals surface area contributed by atoms with E-state index < -0.39 is 53.2 Å². The van der Waals surface area contributed by atoms with E-state index in [4.69, 9.17) is 9.47 Å². The highest BCUT2D eigenvalue weighted by atomic mass is 16.6. The third-order valence-corrected chi connectivity index (χ3v) is 8.69. The van der Waals surface area contributed by atoms with Crippen LogP contribution in [0.3, 0.4) is 0 Å². The molecule has 0 heterocycles. The van der Waals surface area contributed by atoms with E-state index in [-0.39, 0.29) is 25.1 Å². The number of nitrogens with zero attached hydrogens (tertiary/aromatic N) is 1. The first-order valence-electron chi connectivity index (χ1n) is 19.2. The van der Waals surface area contributed by atoms with Gasteiger partial charge in [0.1, 0.15) is 35.1 Å². The molecule has 0 radical (unpaired) electrons. The predicted molar refractivity (Wildman–Crippen MR) is 212 cm³/mol. The van der Waals surface area contributed by atoms with E-state index in [0.29, 0.717) is 17.5 Å². The van der Waals surface area contributed by atoms with Gasteiger partial charge in [-0.1, -0.05) is 106 Å². The molecule has 0 bridgehead atoms. The summed E-state index contributed by atoms with van der Waals surface area (Å²) < 4.78 is 11.4. The van der Waals surface area contributed by atoms with Gasteiger partial charge < -0.3 is 30.1 Å². The molecule has 3 amide bonds. The number of aryl methyl sites for hydroxylation is 1. The maximum Gasteiger partial charge on any atom is 0.408 e. The lowest BCUT2D eigenvalue weighted by molar-refractivity contribution is -0.159. The second kappa shape index (κ2) is 20.6. The Morgan fingerprint density at radius 3 is 1.78 bits per heavy atom. The topological polar surface area (TPSA) is 134 Å². The summed E-state index contributed by atoms with van der Waals surface area (Å²) in [5.74, 6) is -1.65. The fourth-order valence-corrected chi connectivity index (χ4v) is 6.12. The summed E-state index contributed by atoms with van der Waals surface area (Å²) in [5, 5.41) is 16.2. The average molecular weight is 744 g/mol. The number of carbonyl (C=O) groups excluding carboxylic acids is 4. The first-order valence-corrected chi connectivity index (χ1v) is 19.2. The number of ether oxygens (including phenoxy) is 2. The van der Waals surface area contributed by atoms with E-state index in [1.165, 1.54) is 11.0 Å². The number of carbonyl (C=O) groups is 4. The van der Waals surface area contributed by atoms with Crippen molar-refractivity contribution in [1.29, 1.82) is 0 Å². The maximum absolute atomic E-state index is 15.0. The number of nitrogens with one attached hydrogen (secondary N) is 2. The van der Waals surface area contributed by atoms with Gasteiger partial charge >= 0.3 is 12.1 Å². The highest BCUT2D eigenvalue weighted by Gasteiger charge is 2.38. The lowest BCUT2D eigenvalue weighted by atomic mass is 9.97. The molecular weight excluding hydrogens is 682 g/mol. The van der Waals surface area contributed by atoms with Gasteiger partial charge in [-0.05, 0) is 89.3 Å². The van der Waals surface area contributed by atoms with E-state index >= 15 is 4.79 Å². The lowest BCUT2D eigenvalue weighted by Crippen LogP contribution is -2.55. The summed E-state index contributed by atoms with van der Waals surface area (Å²) in [6.07, 6.45) is 5.18. The average Bonchev–Trinajstić information content (AvgIpc) is 3.09. The molecule has 0 aliphatic rings. The first kappa shape index (κ1) is 43.5. The van der Waals surface area contributed by atoms with Gasteiger partial charge in [0.2, 0.25) is 11.8 Å². The highest BCUT2D eigenvalue weighted by Crippen LogP contribution is 2.29. The summed E-state index contributed by atoms with van der Waals surface area (Å²) in [4.78, 5) is 58.3. The Labute approximate surface area is 322 Å². The van der Waals surface area contributed by atoms with Gasteiger partial charge in [-0.25, -0.2) is 9.59 Å². The Morgan fingerprint density at radius 1 is 0.704 bits per heavy atom. The van der Waals surface area contributed by atoms with Crippen LogP contribution in [0.25, 0.3) is 0 Å². The molecule has 3 N–H and O–H groups in total. The summed E-state index contributed by atoms with van der Waals surface area (Å²) >= 11 is 0. The van der Waals surface area contributed by atoms with Crippen LogP contribution in [0.2, 0.25) is 0 Å². The van der Waals surface area contributed by atoms with Gasteiger partial charge in [-0.3, -0.25) is 9.59 Å². The SMILES string of the molecule is CCCCCCCCN(C(=O)C(Cc1ccccc1)NC(=O)OC(C)(C)C)C(C(=O)NC(Cc1ccccc1)C(=O)OC(C)(C)C)c1ccc(O)c(C)c1. The van der Waals surface area contributed by atoms with Crippen molar-refractivity contribution in [2.24, 2.45) is 0 Å². The fourth-order valence-electron chi connectivity index (χ4n) is 6.12. The number of aromatic hydroxyl groups is 1. The third kappa shape index (κ3) is 14.9. The molecule has 0 saturated heterocycles. The number of benzene rings is 3. The Hall–Kier alpha value is -4.86. The summed E-state index contributed by atoms with van der Waals surface area (Å²) in [5.41, 5.74) is 0.945.